The molecule has 0 bridgehead atoms. The molecule has 1 N–H and O–H groups in total. The number of carbonyl (C=O) groups is 1. The van der Waals surface area contributed by atoms with Crippen LogP contribution < -0.4 is 19.1 Å². The minimum atomic E-state index is -4.62. The smallest absolute Gasteiger partial charge is 0.417 e. The van der Waals surface area contributed by atoms with Gasteiger partial charge >= 0.3 is 16.3 Å². The van der Waals surface area contributed by atoms with Crippen LogP contribution in [-0.2, 0) is 27.5 Å². The number of pyridine rings is 1. The molecule has 0 saturated carbocycles. The third-order valence-corrected chi connectivity index (χ3v) is 6.99. The molecule has 1 amide bonds. The van der Waals surface area contributed by atoms with Crippen LogP contribution in [0.25, 0.3) is 0 Å². The molecule has 0 aliphatic heterocycles. The zero-order valence-corrected chi connectivity index (χ0v) is 23.2. The SMILES string of the molecule is COc1cccc(CC(=O)NN=Cc2ccccc2OS(=O)(=O)c2ccc(Oc3ncc(C(F)(F)F)cc3Cl)cc2)c1. The average Bonchev–Trinajstić information content (AvgIpc) is 2.95. The van der Waals surface area contributed by atoms with Crippen molar-refractivity contribution in [2.75, 3.05) is 7.11 Å². The van der Waals surface area contributed by atoms with E-state index in [1.807, 2.05) is 0 Å². The van der Waals surface area contributed by atoms with Crippen molar-refractivity contribution >= 4 is 33.8 Å². The third kappa shape index (κ3) is 7.98. The second-order valence-electron chi connectivity index (χ2n) is 8.48. The maximum Gasteiger partial charge on any atom is 0.417 e. The van der Waals surface area contributed by atoms with Crippen LogP contribution in [0.15, 0.2) is 95.1 Å². The van der Waals surface area contributed by atoms with Gasteiger partial charge in [0.1, 0.15) is 21.4 Å². The summed E-state index contributed by atoms with van der Waals surface area (Å²) in [5.74, 6) is -0.0653. The molecule has 0 unspecified atom stereocenters. The lowest BCUT2D eigenvalue weighted by Crippen LogP contribution is -2.20. The zero-order chi connectivity index (χ0) is 30.3. The molecule has 0 saturated heterocycles. The molecule has 42 heavy (non-hydrogen) atoms. The van der Waals surface area contributed by atoms with E-state index < -0.39 is 27.8 Å². The Labute approximate surface area is 243 Å². The number of methoxy groups -OCH3 is 1. The lowest BCUT2D eigenvalue weighted by molar-refractivity contribution is -0.137. The number of carbonyl (C=O) groups excluding carboxylic acids is 1. The number of hydrogen-bond donors (Lipinski definition) is 1. The molecular weight excluding hydrogens is 599 g/mol. The zero-order valence-electron chi connectivity index (χ0n) is 21.6. The van der Waals surface area contributed by atoms with Gasteiger partial charge in [-0.25, -0.2) is 10.4 Å². The van der Waals surface area contributed by atoms with Crippen LogP contribution >= 0.6 is 11.6 Å². The Morgan fingerprint density at radius 3 is 2.45 bits per heavy atom. The fourth-order valence-electron chi connectivity index (χ4n) is 3.45. The van der Waals surface area contributed by atoms with E-state index in [1.54, 1.807) is 42.5 Å². The predicted octanol–water partition coefficient (Wildman–Crippen LogP) is 6.02. The van der Waals surface area contributed by atoms with Crippen molar-refractivity contribution < 1.29 is 40.0 Å². The Balaban J connectivity index is 1.41. The molecular formula is C28H21ClF3N3O6S. The Morgan fingerprint density at radius 1 is 1.02 bits per heavy atom. The first-order valence-corrected chi connectivity index (χ1v) is 13.7. The van der Waals surface area contributed by atoms with E-state index >= 15 is 0 Å². The van der Waals surface area contributed by atoms with Crippen molar-refractivity contribution in [1.29, 1.82) is 0 Å². The van der Waals surface area contributed by atoms with Gasteiger partial charge in [0.2, 0.25) is 11.8 Å². The molecule has 1 heterocycles. The highest BCUT2D eigenvalue weighted by Crippen LogP contribution is 2.35. The Bertz CT molecular complexity index is 1710. The lowest BCUT2D eigenvalue weighted by Gasteiger charge is -2.11. The summed E-state index contributed by atoms with van der Waals surface area (Å²) in [6.45, 7) is 0. The quantitative estimate of drug-likeness (QED) is 0.131. The number of amides is 1. The van der Waals surface area contributed by atoms with Crippen LogP contribution in [0.5, 0.6) is 23.1 Å². The topological polar surface area (TPSA) is 116 Å². The van der Waals surface area contributed by atoms with Gasteiger partial charge in [-0.3, -0.25) is 4.79 Å². The number of alkyl halides is 3. The Morgan fingerprint density at radius 2 is 1.76 bits per heavy atom. The van der Waals surface area contributed by atoms with Gasteiger partial charge in [-0.15, -0.1) is 0 Å². The minimum absolute atomic E-state index is 0.0436. The van der Waals surface area contributed by atoms with Crippen molar-refractivity contribution in [2.24, 2.45) is 5.10 Å². The number of ether oxygens (including phenoxy) is 2. The number of aromatic nitrogens is 1. The fourth-order valence-corrected chi connectivity index (χ4v) is 4.61. The van der Waals surface area contributed by atoms with Crippen LogP contribution in [0.2, 0.25) is 5.02 Å². The largest absolute Gasteiger partial charge is 0.497 e. The van der Waals surface area contributed by atoms with E-state index in [1.165, 1.54) is 43.7 Å². The van der Waals surface area contributed by atoms with Gasteiger partial charge in [-0.2, -0.15) is 26.7 Å². The maximum absolute atomic E-state index is 12.9. The first-order chi connectivity index (χ1) is 19.9. The maximum atomic E-state index is 12.9. The van der Waals surface area contributed by atoms with Gasteiger partial charge in [-0.1, -0.05) is 35.9 Å². The number of hydrogen-bond acceptors (Lipinski definition) is 8. The van der Waals surface area contributed by atoms with Crippen LogP contribution in [0, 0.1) is 0 Å². The number of rotatable bonds is 10. The summed E-state index contributed by atoms with van der Waals surface area (Å²) in [6.07, 6.45) is -2.77. The number of halogens is 4. The predicted molar refractivity (Wildman–Crippen MR) is 147 cm³/mol. The molecule has 0 fully saturated rings. The van der Waals surface area contributed by atoms with Gasteiger partial charge in [0, 0.05) is 11.8 Å². The molecule has 4 rings (SSSR count). The van der Waals surface area contributed by atoms with E-state index in [4.69, 9.17) is 25.3 Å². The van der Waals surface area contributed by atoms with E-state index in [-0.39, 0.29) is 39.3 Å². The van der Waals surface area contributed by atoms with Gasteiger partial charge in [0.05, 0.1) is 25.3 Å². The second-order valence-corrected chi connectivity index (χ2v) is 10.4. The molecule has 0 radical (unpaired) electrons. The van der Waals surface area contributed by atoms with Crippen molar-refractivity contribution in [1.82, 2.24) is 10.4 Å². The highest BCUT2D eigenvalue weighted by Gasteiger charge is 2.32. The van der Waals surface area contributed by atoms with Crippen LogP contribution in [-0.4, -0.2) is 32.6 Å². The summed E-state index contributed by atoms with van der Waals surface area (Å²) in [7, 11) is -2.81. The average molecular weight is 620 g/mol. The highest BCUT2D eigenvalue weighted by atomic mass is 35.5. The van der Waals surface area contributed by atoms with E-state index in [2.05, 4.69) is 15.5 Å². The standard InChI is InChI=1S/C28H21ClF3N3O6S/c1-39-22-7-4-5-18(13-22)14-26(36)35-34-16-19-6-2-3-8-25(19)41-42(37,38)23-11-9-21(10-12-23)40-27-24(29)15-20(17-33-27)28(30,31)32/h2-13,15-17H,14H2,1H3,(H,35,36). The molecule has 4 aromatic rings. The highest BCUT2D eigenvalue weighted by molar-refractivity contribution is 7.87. The summed E-state index contributed by atoms with van der Waals surface area (Å²) < 4.78 is 80.1. The van der Waals surface area contributed by atoms with Crippen molar-refractivity contribution in [2.45, 2.75) is 17.5 Å². The van der Waals surface area contributed by atoms with E-state index in [0.717, 1.165) is 0 Å². The number of nitrogens with zero attached hydrogens (tertiary/aromatic N) is 2. The normalized spacial score (nSPS) is 11.7. The first-order valence-electron chi connectivity index (χ1n) is 11.9. The molecule has 0 atom stereocenters. The van der Waals surface area contributed by atoms with Crippen LogP contribution in [0.1, 0.15) is 16.7 Å². The Kier molecular flexibility index (Phi) is 9.33. The number of para-hydroxylation sites is 1. The summed E-state index contributed by atoms with van der Waals surface area (Å²) in [5.41, 5.74) is 2.32. The van der Waals surface area contributed by atoms with Gasteiger partial charge < -0.3 is 13.7 Å². The minimum Gasteiger partial charge on any atom is -0.497 e. The number of hydrazone groups is 1. The Hall–Kier alpha value is -4.62. The molecule has 9 nitrogen and oxygen atoms in total. The van der Waals surface area contributed by atoms with Crippen molar-refractivity contribution in [3.63, 3.8) is 0 Å². The lowest BCUT2D eigenvalue weighted by atomic mass is 10.1. The molecule has 0 aliphatic rings. The molecule has 14 heteroatoms. The summed E-state index contributed by atoms with van der Waals surface area (Å²) >= 11 is 5.85. The van der Waals surface area contributed by atoms with Crippen molar-refractivity contribution in [3.05, 3.63) is 107 Å². The molecule has 0 aliphatic carbocycles. The summed E-state index contributed by atoms with van der Waals surface area (Å²) in [5, 5.41) is 3.52. The van der Waals surface area contributed by atoms with Gasteiger partial charge in [-0.05, 0) is 60.2 Å². The summed E-state index contributed by atoms with van der Waals surface area (Å²) in [6, 6.07) is 18.7. The first kappa shape index (κ1) is 30.3. The van der Waals surface area contributed by atoms with Crippen LogP contribution in [0.4, 0.5) is 13.2 Å². The number of benzene rings is 3. The van der Waals surface area contributed by atoms with Gasteiger partial charge in [0.25, 0.3) is 0 Å². The fraction of sp³-hybridized carbons (Fsp3) is 0.107. The van der Waals surface area contributed by atoms with E-state index in [0.29, 0.717) is 23.6 Å². The third-order valence-electron chi connectivity index (χ3n) is 5.47. The number of nitrogens with one attached hydrogen (secondary N) is 1. The van der Waals surface area contributed by atoms with Gasteiger partial charge in [0.15, 0.2) is 5.75 Å². The van der Waals surface area contributed by atoms with Crippen molar-refractivity contribution in [3.8, 4) is 23.1 Å². The second kappa shape index (κ2) is 12.9. The summed E-state index contributed by atoms with van der Waals surface area (Å²) in [4.78, 5) is 15.6. The molecule has 0 spiro atoms. The molecule has 1 aromatic heterocycles. The van der Waals surface area contributed by atoms with Crippen LogP contribution in [0.3, 0.4) is 0 Å². The molecule has 3 aromatic carbocycles. The molecule has 218 valence electrons. The monoisotopic (exact) mass is 619 g/mol. The van der Waals surface area contributed by atoms with E-state index in [9.17, 15) is 26.4 Å².